The minimum Gasteiger partial charge on any atom is -0.333 e. The maximum Gasteiger partial charge on any atom is 0.143 e. The van der Waals surface area contributed by atoms with Crippen LogP contribution in [0.3, 0.4) is 0 Å². The molecule has 27 heavy (non-hydrogen) atoms. The summed E-state index contributed by atoms with van der Waals surface area (Å²) in [6, 6.07) is 6.32. The maximum atomic E-state index is 14.0. The first-order chi connectivity index (χ1) is 13.2. The third kappa shape index (κ3) is 3.15. The molecule has 3 aromatic heterocycles. The molecule has 0 unspecified atom stereocenters. The molecule has 134 valence electrons. The van der Waals surface area contributed by atoms with E-state index in [0.717, 1.165) is 5.56 Å². The molecule has 0 bridgehead atoms. The number of benzene rings is 1. The minimum absolute atomic E-state index is 0.0497. The summed E-state index contributed by atoms with van der Waals surface area (Å²) in [4.78, 5) is 12.7. The Balaban J connectivity index is 1.83. The Hall–Kier alpha value is -3.60. The molecule has 0 fully saturated rings. The summed E-state index contributed by atoms with van der Waals surface area (Å²) in [7, 11) is 0. The molecule has 0 aliphatic heterocycles. The molecule has 4 aromatic rings. The highest BCUT2D eigenvalue weighted by molar-refractivity contribution is 5.82. The van der Waals surface area contributed by atoms with Gasteiger partial charge in [-0.3, -0.25) is 4.98 Å². The number of alkyl halides is 1. The highest BCUT2D eigenvalue weighted by atomic mass is 19.1. The number of halogens is 2. The third-order valence-corrected chi connectivity index (χ3v) is 4.24. The summed E-state index contributed by atoms with van der Waals surface area (Å²) in [5.74, 6) is -0.162. The molecule has 0 amide bonds. The summed E-state index contributed by atoms with van der Waals surface area (Å²) in [5, 5.41) is 9.07. The van der Waals surface area contributed by atoms with Crippen LogP contribution in [0.4, 0.5) is 8.78 Å². The molecular formula is C19H14F2N6. The van der Waals surface area contributed by atoms with Crippen molar-refractivity contribution in [2.75, 3.05) is 6.67 Å². The number of fused-ring (bicyclic) bond motifs is 1. The molecule has 0 spiro atoms. The van der Waals surface area contributed by atoms with Crippen molar-refractivity contribution >= 4 is 11.0 Å². The van der Waals surface area contributed by atoms with Gasteiger partial charge >= 0.3 is 0 Å². The number of hydrogen-bond acceptors (Lipinski definition) is 4. The molecule has 0 saturated carbocycles. The van der Waals surface area contributed by atoms with E-state index in [4.69, 9.17) is 5.26 Å². The van der Waals surface area contributed by atoms with Crippen LogP contribution in [0, 0.1) is 17.1 Å². The predicted molar refractivity (Wildman–Crippen MR) is 94.9 cm³/mol. The highest BCUT2D eigenvalue weighted by Gasteiger charge is 2.16. The van der Waals surface area contributed by atoms with Crippen LogP contribution in [0.25, 0.3) is 22.4 Å². The van der Waals surface area contributed by atoms with Crippen molar-refractivity contribution in [2.45, 2.75) is 13.1 Å². The quantitative estimate of drug-likeness (QED) is 0.545. The van der Waals surface area contributed by atoms with Gasteiger partial charge in [0.15, 0.2) is 0 Å². The van der Waals surface area contributed by atoms with E-state index in [1.54, 1.807) is 29.5 Å². The summed E-state index contributed by atoms with van der Waals surface area (Å²) >= 11 is 0. The van der Waals surface area contributed by atoms with Crippen molar-refractivity contribution in [1.29, 1.82) is 5.26 Å². The monoisotopic (exact) mass is 364 g/mol. The van der Waals surface area contributed by atoms with Gasteiger partial charge in [0, 0.05) is 36.4 Å². The van der Waals surface area contributed by atoms with Gasteiger partial charge in [-0.1, -0.05) is 0 Å². The topological polar surface area (TPSA) is 72.3 Å². The normalized spacial score (nSPS) is 11.0. The summed E-state index contributed by atoms with van der Waals surface area (Å²) in [6.45, 7) is 0.0192. The number of nitrogens with zero attached hydrogens (tertiary/aromatic N) is 6. The van der Waals surface area contributed by atoms with Gasteiger partial charge in [0.05, 0.1) is 36.0 Å². The Morgan fingerprint density at radius 1 is 1.15 bits per heavy atom. The number of aryl methyl sites for hydroxylation is 1. The van der Waals surface area contributed by atoms with Crippen molar-refractivity contribution in [3.63, 3.8) is 0 Å². The van der Waals surface area contributed by atoms with E-state index in [1.807, 2.05) is 22.9 Å². The lowest BCUT2D eigenvalue weighted by molar-refractivity contribution is 0.451. The zero-order valence-electron chi connectivity index (χ0n) is 14.2. The Labute approximate surface area is 153 Å². The second kappa shape index (κ2) is 6.96. The molecule has 3 heterocycles. The van der Waals surface area contributed by atoms with Crippen molar-refractivity contribution in [2.24, 2.45) is 0 Å². The number of aromatic nitrogens is 5. The van der Waals surface area contributed by atoms with Crippen LogP contribution in [0.2, 0.25) is 0 Å². The lowest BCUT2D eigenvalue weighted by atomic mass is 10.2. The predicted octanol–water partition coefficient (Wildman–Crippen LogP) is 3.32. The Morgan fingerprint density at radius 3 is 2.78 bits per heavy atom. The maximum absolute atomic E-state index is 14.0. The zero-order chi connectivity index (χ0) is 18.8. The summed E-state index contributed by atoms with van der Waals surface area (Å²) < 4.78 is 30.7. The van der Waals surface area contributed by atoms with Gasteiger partial charge in [-0.2, -0.15) is 5.26 Å². The lowest BCUT2D eigenvalue weighted by Gasteiger charge is -2.09. The number of rotatable bonds is 5. The molecule has 0 radical (unpaired) electrons. The fraction of sp³-hybridized carbons (Fsp3) is 0.158. The van der Waals surface area contributed by atoms with Crippen LogP contribution in [-0.2, 0) is 13.1 Å². The largest absolute Gasteiger partial charge is 0.333 e. The number of pyridine rings is 1. The van der Waals surface area contributed by atoms with Gasteiger partial charge < -0.3 is 9.13 Å². The van der Waals surface area contributed by atoms with E-state index in [9.17, 15) is 8.78 Å². The van der Waals surface area contributed by atoms with E-state index in [1.165, 1.54) is 12.1 Å². The van der Waals surface area contributed by atoms with Crippen molar-refractivity contribution in [3.05, 3.63) is 66.3 Å². The van der Waals surface area contributed by atoms with Crippen LogP contribution < -0.4 is 0 Å². The highest BCUT2D eigenvalue weighted by Crippen LogP contribution is 2.27. The van der Waals surface area contributed by atoms with Gasteiger partial charge in [-0.05, 0) is 17.7 Å². The summed E-state index contributed by atoms with van der Waals surface area (Å²) in [5.41, 5.74) is 2.40. The van der Waals surface area contributed by atoms with Gasteiger partial charge in [-0.15, -0.1) is 0 Å². The molecule has 0 saturated heterocycles. The van der Waals surface area contributed by atoms with Crippen LogP contribution in [-0.4, -0.2) is 30.8 Å². The van der Waals surface area contributed by atoms with Crippen LogP contribution in [0.1, 0.15) is 11.1 Å². The van der Waals surface area contributed by atoms with Crippen molar-refractivity contribution < 1.29 is 8.78 Å². The molecule has 8 heteroatoms. The SMILES string of the molecule is N#Cc1cc2c(cc1F)nc(-c1cncc(Cn3ccnc3)c1)n2CCF. The van der Waals surface area contributed by atoms with Gasteiger partial charge in [0.1, 0.15) is 24.4 Å². The molecule has 0 N–H and O–H groups in total. The Kier molecular flexibility index (Phi) is 4.34. The zero-order valence-corrected chi connectivity index (χ0v) is 14.2. The smallest absolute Gasteiger partial charge is 0.143 e. The molecule has 1 aromatic carbocycles. The third-order valence-electron chi connectivity index (χ3n) is 4.24. The fourth-order valence-corrected chi connectivity index (χ4v) is 3.05. The average Bonchev–Trinajstić information content (AvgIpc) is 3.30. The van der Waals surface area contributed by atoms with Crippen LogP contribution in [0.15, 0.2) is 49.3 Å². The second-order valence-electron chi connectivity index (χ2n) is 6.03. The van der Waals surface area contributed by atoms with Gasteiger partial charge in [0.25, 0.3) is 0 Å². The molecule has 4 rings (SSSR count). The van der Waals surface area contributed by atoms with E-state index < -0.39 is 12.5 Å². The standard InChI is InChI=1S/C19H14F2N6/c20-1-3-27-18-6-14(8-22)16(21)7-17(18)25-19(27)15-5-13(9-24-10-15)11-26-4-2-23-12-26/h2,4-7,9-10,12H,1,3,11H2. The Morgan fingerprint density at radius 2 is 2.04 bits per heavy atom. The number of hydrogen-bond donors (Lipinski definition) is 0. The molecule has 6 nitrogen and oxygen atoms in total. The first-order valence-corrected chi connectivity index (χ1v) is 8.25. The van der Waals surface area contributed by atoms with E-state index in [2.05, 4.69) is 15.0 Å². The number of imidazole rings is 2. The first-order valence-electron chi connectivity index (χ1n) is 8.25. The molecule has 0 aliphatic rings. The molecule has 0 aliphatic carbocycles. The molecule has 0 atom stereocenters. The van der Waals surface area contributed by atoms with Crippen LogP contribution in [0.5, 0.6) is 0 Å². The second-order valence-corrected chi connectivity index (χ2v) is 6.03. The fourth-order valence-electron chi connectivity index (χ4n) is 3.05. The summed E-state index contributed by atoms with van der Waals surface area (Å²) in [6.07, 6.45) is 8.61. The lowest BCUT2D eigenvalue weighted by Crippen LogP contribution is -2.04. The van der Waals surface area contributed by atoms with Gasteiger partial charge in [0.2, 0.25) is 0 Å². The average molecular weight is 364 g/mol. The van der Waals surface area contributed by atoms with E-state index in [0.29, 0.717) is 29.0 Å². The van der Waals surface area contributed by atoms with Crippen LogP contribution >= 0.6 is 0 Å². The minimum atomic E-state index is -0.645. The van der Waals surface area contributed by atoms with Gasteiger partial charge in [-0.25, -0.2) is 18.7 Å². The number of nitriles is 1. The molecular weight excluding hydrogens is 350 g/mol. The van der Waals surface area contributed by atoms with Crippen molar-refractivity contribution in [3.8, 4) is 17.5 Å². The van der Waals surface area contributed by atoms with E-state index >= 15 is 0 Å². The van der Waals surface area contributed by atoms with Crippen molar-refractivity contribution in [1.82, 2.24) is 24.1 Å². The Bertz CT molecular complexity index is 1140. The van der Waals surface area contributed by atoms with E-state index in [-0.39, 0.29) is 12.1 Å². The first kappa shape index (κ1) is 16.8.